The van der Waals surface area contributed by atoms with Gasteiger partial charge in [0.1, 0.15) is 6.61 Å². The van der Waals surface area contributed by atoms with Gasteiger partial charge in [-0.05, 0) is 12.1 Å². The molecule has 2 rings (SSSR count). The van der Waals surface area contributed by atoms with Gasteiger partial charge in [0.05, 0.1) is 6.61 Å². The second-order valence-corrected chi connectivity index (χ2v) is 5.37. The number of rotatable bonds is 6. The quantitative estimate of drug-likeness (QED) is 0.367. The van der Waals surface area contributed by atoms with Crippen LogP contribution in [0.2, 0.25) is 0 Å². The molecule has 0 amide bonds. The van der Waals surface area contributed by atoms with Crippen LogP contribution in [0.1, 0.15) is 13.8 Å². The zero-order valence-electron chi connectivity index (χ0n) is 13.6. The number of esters is 2. The van der Waals surface area contributed by atoms with Crippen molar-refractivity contribution in [2.75, 3.05) is 25.6 Å². The van der Waals surface area contributed by atoms with Crippen molar-refractivity contribution in [2.24, 2.45) is 0 Å². The smallest absolute Gasteiger partial charge is 0.350 e. The Labute approximate surface area is 138 Å². The van der Waals surface area contributed by atoms with Crippen LogP contribution in [-0.2, 0) is 23.8 Å². The number of carbonyl (C=O) groups is 2. The molecule has 8 heteroatoms. The summed E-state index contributed by atoms with van der Waals surface area (Å²) in [6, 6.07) is 4.13. The van der Waals surface area contributed by atoms with E-state index in [2.05, 4.69) is 5.32 Å². The molecular formula is C16H18FNO6. The first-order valence-electron chi connectivity index (χ1n) is 7.17. The third kappa shape index (κ3) is 4.45. The van der Waals surface area contributed by atoms with Crippen LogP contribution >= 0.6 is 0 Å². The summed E-state index contributed by atoms with van der Waals surface area (Å²) in [6.07, 6.45) is 1.11. The summed E-state index contributed by atoms with van der Waals surface area (Å²) in [4.78, 5) is 23.5. The van der Waals surface area contributed by atoms with E-state index in [9.17, 15) is 14.0 Å². The lowest BCUT2D eigenvalue weighted by Crippen LogP contribution is -2.42. The van der Waals surface area contributed by atoms with Crippen LogP contribution in [0.4, 0.5) is 10.1 Å². The summed E-state index contributed by atoms with van der Waals surface area (Å²) in [7, 11) is 1.52. The first-order chi connectivity index (χ1) is 11.3. The Morgan fingerprint density at radius 2 is 1.88 bits per heavy atom. The Bertz CT molecular complexity index is 649. The molecule has 1 aliphatic rings. The normalized spacial score (nSPS) is 16.2. The number of cyclic esters (lactones) is 2. The molecule has 7 nitrogen and oxygen atoms in total. The van der Waals surface area contributed by atoms with E-state index in [1.807, 2.05) is 0 Å². The number of anilines is 1. The second kappa shape index (κ2) is 7.31. The molecule has 1 saturated heterocycles. The van der Waals surface area contributed by atoms with Gasteiger partial charge in [-0.2, -0.15) is 0 Å². The number of halogens is 1. The van der Waals surface area contributed by atoms with Crippen molar-refractivity contribution < 1.29 is 32.9 Å². The van der Waals surface area contributed by atoms with Crippen molar-refractivity contribution in [3.63, 3.8) is 0 Å². The number of ether oxygens (including phenoxy) is 4. The predicted octanol–water partition coefficient (Wildman–Crippen LogP) is 1.98. The van der Waals surface area contributed by atoms with Crippen LogP contribution < -0.4 is 10.1 Å². The molecule has 1 fully saturated rings. The fourth-order valence-electron chi connectivity index (χ4n) is 1.88. The molecule has 1 aromatic rings. The summed E-state index contributed by atoms with van der Waals surface area (Å²) in [5, 5.41) is 2.65. The minimum absolute atomic E-state index is 0.0727. The molecule has 0 aliphatic carbocycles. The van der Waals surface area contributed by atoms with Crippen LogP contribution in [-0.4, -0.2) is 38.0 Å². The lowest BCUT2D eigenvalue weighted by molar-refractivity contribution is -0.222. The first kappa shape index (κ1) is 17.7. The Morgan fingerprint density at radius 1 is 1.21 bits per heavy atom. The molecule has 1 aliphatic heterocycles. The van der Waals surface area contributed by atoms with E-state index >= 15 is 0 Å². The molecule has 0 unspecified atom stereocenters. The van der Waals surface area contributed by atoms with Crippen molar-refractivity contribution >= 4 is 17.6 Å². The van der Waals surface area contributed by atoms with Crippen molar-refractivity contribution in [3.05, 3.63) is 35.8 Å². The molecular weight excluding hydrogens is 321 g/mol. The van der Waals surface area contributed by atoms with E-state index in [-0.39, 0.29) is 17.9 Å². The number of benzene rings is 1. The largest absolute Gasteiger partial charge is 0.488 e. The molecule has 0 aromatic heterocycles. The fourth-order valence-corrected chi connectivity index (χ4v) is 1.88. The monoisotopic (exact) mass is 339 g/mol. The standard InChI is InChI=1S/C16H18FNO6/c1-16(2)23-14(19)11(15(20)24-16)9-18-10-4-5-13(12(17)8-10)22-7-6-21-3/h4-5,8-9,18H,6-7H2,1-3H3. The third-order valence-corrected chi connectivity index (χ3v) is 2.98. The van der Waals surface area contributed by atoms with E-state index in [1.165, 1.54) is 39.2 Å². The van der Waals surface area contributed by atoms with Gasteiger partial charge in [-0.25, -0.2) is 14.0 Å². The Balaban J connectivity index is 2.05. The van der Waals surface area contributed by atoms with Gasteiger partial charge < -0.3 is 24.3 Å². The van der Waals surface area contributed by atoms with Crippen molar-refractivity contribution in [1.82, 2.24) is 0 Å². The molecule has 0 spiro atoms. The van der Waals surface area contributed by atoms with Gasteiger partial charge in [-0.1, -0.05) is 0 Å². The molecule has 0 saturated carbocycles. The summed E-state index contributed by atoms with van der Waals surface area (Å²) in [6.45, 7) is 3.46. The number of hydrogen-bond donors (Lipinski definition) is 1. The molecule has 0 bridgehead atoms. The van der Waals surface area contributed by atoms with Crippen molar-refractivity contribution in [1.29, 1.82) is 0 Å². The summed E-state index contributed by atoms with van der Waals surface area (Å²) >= 11 is 0. The van der Waals surface area contributed by atoms with Crippen LogP contribution in [0.3, 0.4) is 0 Å². The highest BCUT2D eigenvalue weighted by atomic mass is 19.1. The van der Waals surface area contributed by atoms with Gasteiger partial charge in [-0.3, -0.25) is 0 Å². The maximum Gasteiger partial charge on any atom is 0.350 e. The van der Waals surface area contributed by atoms with Crippen molar-refractivity contribution in [3.8, 4) is 5.75 Å². The molecule has 24 heavy (non-hydrogen) atoms. The van der Waals surface area contributed by atoms with Gasteiger partial charge in [0.25, 0.3) is 5.79 Å². The van der Waals surface area contributed by atoms with Gasteiger partial charge in [0.15, 0.2) is 17.1 Å². The van der Waals surface area contributed by atoms with Gasteiger partial charge in [0, 0.05) is 38.9 Å². The van der Waals surface area contributed by atoms with E-state index in [0.29, 0.717) is 12.3 Å². The topological polar surface area (TPSA) is 83.1 Å². The first-order valence-corrected chi connectivity index (χ1v) is 7.17. The molecule has 1 heterocycles. The summed E-state index contributed by atoms with van der Waals surface area (Å²) in [5.74, 6) is -3.46. The highest BCUT2D eigenvalue weighted by Gasteiger charge is 2.38. The Kier molecular flexibility index (Phi) is 5.40. The predicted molar refractivity (Wildman–Crippen MR) is 81.7 cm³/mol. The Morgan fingerprint density at radius 3 is 2.46 bits per heavy atom. The highest BCUT2D eigenvalue weighted by Crippen LogP contribution is 2.24. The highest BCUT2D eigenvalue weighted by molar-refractivity contribution is 6.15. The lowest BCUT2D eigenvalue weighted by atomic mass is 10.2. The molecule has 0 atom stereocenters. The minimum Gasteiger partial charge on any atom is -0.488 e. The zero-order valence-corrected chi connectivity index (χ0v) is 13.6. The van der Waals surface area contributed by atoms with Gasteiger partial charge in [-0.15, -0.1) is 0 Å². The molecule has 1 N–H and O–H groups in total. The Hall–Kier alpha value is -2.61. The minimum atomic E-state index is -1.31. The average molecular weight is 339 g/mol. The van der Waals surface area contributed by atoms with Crippen LogP contribution in [0, 0.1) is 5.82 Å². The second-order valence-electron chi connectivity index (χ2n) is 5.37. The molecule has 0 radical (unpaired) electrons. The summed E-state index contributed by atoms with van der Waals surface area (Å²) < 4.78 is 33.8. The lowest BCUT2D eigenvalue weighted by Gasteiger charge is -2.29. The van der Waals surface area contributed by atoms with Crippen LogP contribution in [0.5, 0.6) is 5.75 Å². The van der Waals surface area contributed by atoms with E-state index in [1.54, 1.807) is 0 Å². The number of nitrogens with one attached hydrogen (secondary N) is 1. The zero-order chi connectivity index (χ0) is 17.7. The van der Waals surface area contributed by atoms with E-state index in [4.69, 9.17) is 18.9 Å². The van der Waals surface area contributed by atoms with Gasteiger partial charge in [0.2, 0.25) is 0 Å². The number of carbonyl (C=O) groups excluding carboxylic acids is 2. The van der Waals surface area contributed by atoms with Gasteiger partial charge >= 0.3 is 11.9 Å². The van der Waals surface area contributed by atoms with E-state index in [0.717, 1.165) is 6.20 Å². The third-order valence-electron chi connectivity index (χ3n) is 2.98. The van der Waals surface area contributed by atoms with Crippen molar-refractivity contribution in [2.45, 2.75) is 19.6 Å². The number of methoxy groups -OCH3 is 1. The fraction of sp³-hybridized carbons (Fsp3) is 0.375. The molecule has 130 valence electrons. The van der Waals surface area contributed by atoms with Crippen LogP contribution in [0.25, 0.3) is 0 Å². The maximum absolute atomic E-state index is 13.9. The average Bonchev–Trinajstić information content (AvgIpc) is 2.47. The SMILES string of the molecule is COCCOc1ccc(NC=C2C(=O)OC(C)(C)OC2=O)cc1F. The van der Waals surface area contributed by atoms with Crippen LogP contribution in [0.15, 0.2) is 30.0 Å². The molecule has 1 aromatic carbocycles. The maximum atomic E-state index is 13.9. The number of hydrogen-bond acceptors (Lipinski definition) is 7. The van der Waals surface area contributed by atoms with E-state index < -0.39 is 23.5 Å². The summed E-state index contributed by atoms with van der Waals surface area (Å²) in [5.41, 5.74) is 0.0136.